The molecular weight excluding hydrogens is 260 g/mol. The van der Waals surface area contributed by atoms with E-state index in [1.165, 1.54) is 5.56 Å². The lowest BCUT2D eigenvalue weighted by atomic mass is 10.1. The average Bonchev–Trinajstić information content (AvgIpc) is 2.53. The molecule has 0 heterocycles. The van der Waals surface area contributed by atoms with Crippen LogP contribution in [0.25, 0.3) is 0 Å². The Bertz CT molecular complexity index is 581. The lowest BCUT2D eigenvalue weighted by molar-refractivity contribution is 0.102. The van der Waals surface area contributed by atoms with Crippen molar-refractivity contribution in [1.82, 2.24) is 5.32 Å². The molecule has 0 aliphatic rings. The third-order valence-corrected chi connectivity index (χ3v) is 3.38. The van der Waals surface area contributed by atoms with Crippen LogP contribution in [-0.2, 0) is 0 Å². The fourth-order valence-electron chi connectivity index (χ4n) is 2.16. The lowest BCUT2D eigenvalue weighted by Gasteiger charge is -2.15. The van der Waals surface area contributed by atoms with E-state index in [0.717, 1.165) is 18.7 Å². The first kappa shape index (κ1) is 15.3. The zero-order valence-electron chi connectivity index (χ0n) is 12.6. The van der Waals surface area contributed by atoms with Crippen LogP contribution in [0.2, 0.25) is 0 Å². The van der Waals surface area contributed by atoms with Crippen LogP contribution in [0, 0.1) is 0 Å². The molecule has 0 radical (unpaired) electrons. The van der Waals surface area contributed by atoms with Crippen molar-refractivity contribution < 1.29 is 4.79 Å². The maximum absolute atomic E-state index is 12.1. The Morgan fingerprint density at radius 2 is 1.86 bits per heavy atom. The number of rotatable bonds is 6. The average molecular weight is 282 g/mol. The largest absolute Gasteiger partial charge is 0.322 e. The van der Waals surface area contributed by atoms with Crippen LogP contribution in [0.5, 0.6) is 0 Å². The molecule has 0 aliphatic carbocycles. The van der Waals surface area contributed by atoms with Gasteiger partial charge in [0.05, 0.1) is 0 Å². The Hall–Kier alpha value is -2.13. The van der Waals surface area contributed by atoms with Crippen LogP contribution in [0.4, 0.5) is 5.69 Å². The van der Waals surface area contributed by atoms with E-state index in [1.807, 2.05) is 48.5 Å². The molecule has 1 unspecified atom stereocenters. The van der Waals surface area contributed by atoms with Crippen LogP contribution < -0.4 is 10.6 Å². The number of carbonyl (C=O) groups excluding carboxylic acids is 1. The predicted octanol–water partition coefficient (Wildman–Crippen LogP) is 4.00. The van der Waals surface area contributed by atoms with Gasteiger partial charge in [0.15, 0.2) is 0 Å². The SMILES string of the molecule is CCCNC(C)c1cccc(NC(=O)c2ccccc2)c1. The summed E-state index contributed by atoms with van der Waals surface area (Å²) in [4.78, 5) is 12.1. The first-order valence-corrected chi connectivity index (χ1v) is 7.40. The van der Waals surface area contributed by atoms with Crippen molar-refractivity contribution in [2.24, 2.45) is 0 Å². The third kappa shape index (κ3) is 4.43. The molecule has 0 aliphatic heterocycles. The molecule has 21 heavy (non-hydrogen) atoms. The molecule has 2 N–H and O–H groups in total. The number of carbonyl (C=O) groups is 1. The van der Waals surface area contributed by atoms with E-state index in [9.17, 15) is 4.79 Å². The van der Waals surface area contributed by atoms with Gasteiger partial charge in [-0.05, 0) is 49.7 Å². The van der Waals surface area contributed by atoms with Gasteiger partial charge in [0.25, 0.3) is 5.91 Å². The minimum absolute atomic E-state index is 0.0816. The summed E-state index contributed by atoms with van der Waals surface area (Å²) in [6.45, 7) is 5.27. The van der Waals surface area contributed by atoms with Crippen LogP contribution >= 0.6 is 0 Å². The Balaban J connectivity index is 2.06. The summed E-state index contributed by atoms with van der Waals surface area (Å²) < 4.78 is 0. The van der Waals surface area contributed by atoms with Gasteiger partial charge in [0.2, 0.25) is 0 Å². The van der Waals surface area contributed by atoms with E-state index in [4.69, 9.17) is 0 Å². The molecule has 0 bridgehead atoms. The molecular formula is C18H22N2O. The number of hydrogen-bond acceptors (Lipinski definition) is 2. The highest BCUT2D eigenvalue weighted by atomic mass is 16.1. The summed E-state index contributed by atoms with van der Waals surface area (Å²) in [5.41, 5.74) is 2.67. The highest BCUT2D eigenvalue weighted by molar-refractivity contribution is 6.04. The zero-order valence-corrected chi connectivity index (χ0v) is 12.6. The van der Waals surface area contributed by atoms with Crippen molar-refractivity contribution in [3.63, 3.8) is 0 Å². The van der Waals surface area contributed by atoms with Gasteiger partial charge in [-0.2, -0.15) is 0 Å². The number of hydrogen-bond donors (Lipinski definition) is 2. The predicted molar refractivity (Wildman–Crippen MR) is 87.5 cm³/mol. The van der Waals surface area contributed by atoms with Gasteiger partial charge in [0, 0.05) is 17.3 Å². The fraction of sp³-hybridized carbons (Fsp3) is 0.278. The second-order valence-electron chi connectivity index (χ2n) is 5.12. The minimum Gasteiger partial charge on any atom is -0.322 e. The van der Waals surface area contributed by atoms with Crippen LogP contribution in [0.3, 0.4) is 0 Å². The number of benzene rings is 2. The Morgan fingerprint density at radius 1 is 1.10 bits per heavy atom. The first-order chi connectivity index (χ1) is 10.2. The first-order valence-electron chi connectivity index (χ1n) is 7.40. The van der Waals surface area contributed by atoms with Crippen LogP contribution in [0.15, 0.2) is 54.6 Å². The summed E-state index contributed by atoms with van der Waals surface area (Å²) in [6, 6.07) is 17.5. The maximum Gasteiger partial charge on any atom is 0.255 e. The summed E-state index contributed by atoms with van der Waals surface area (Å²) in [5.74, 6) is -0.0816. The van der Waals surface area contributed by atoms with E-state index in [1.54, 1.807) is 0 Å². The quantitative estimate of drug-likeness (QED) is 0.841. The van der Waals surface area contributed by atoms with Crippen molar-refractivity contribution in [2.45, 2.75) is 26.3 Å². The van der Waals surface area contributed by atoms with Gasteiger partial charge in [0.1, 0.15) is 0 Å². The van der Waals surface area contributed by atoms with Gasteiger partial charge >= 0.3 is 0 Å². The molecule has 3 heteroatoms. The standard InChI is InChI=1S/C18H22N2O/c1-3-12-19-14(2)16-10-7-11-17(13-16)20-18(21)15-8-5-4-6-9-15/h4-11,13-14,19H,3,12H2,1-2H3,(H,20,21). The summed E-state index contributed by atoms with van der Waals surface area (Å²) in [7, 11) is 0. The molecule has 0 spiro atoms. The molecule has 1 atom stereocenters. The Labute approximate surface area is 126 Å². The Kier molecular flexibility index (Phi) is 5.52. The minimum atomic E-state index is -0.0816. The van der Waals surface area contributed by atoms with Gasteiger partial charge in [-0.3, -0.25) is 4.79 Å². The smallest absolute Gasteiger partial charge is 0.255 e. The highest BCUT2D eigenvalue weighted by Crippen LogP contribution is 2.18. The molecule has 1 amide bonds. The normalized spacial score (nSPS) is 11.9. The lowest BCUT2D eigenvalue weighted by Crippen LogP contribution is -2.19. The van der Waals surface area contributed by atoms with E-state index < -0.39 is 0 Å². The van der Waals surface area contributed by atoms with Crippen molar-refractivity contribution in [2.75, 3.05) is 11.9 Å². The van der Waals surface area contributed by atoms with Gasteiger partial charge in [-0.25, -0.2) is 0 Å². The van der Waals surface area contributed by atoms with Crippen LogP contribution in [0.1, 0.15) is 42.2 Å². The summed E-state index contributed by atoms with van der Waals surface area (Å²) >= 11 is 0. The molecule has 0 saturated carbocycles. The zero-order chi connectivity index (χ0) is 15.1. The van der Waals surface area contributed by atoms with E-state index in [0.29, 0.717) is 5.56 Å². The van der Waals surface area contributed by atoms with Crippen molar-refractivity contribution in [3.8, 4) is 0 Å². The molecule has 2 aromatic carbocycles. The monoisotopic (exact) mass is 282 g/mol. The van der Waals surface area contributed by atoms with Gasteiger partial charge < -0.3 is 10.6 Å². The second-order valence-corrected chi connectivity index (χ2v) is 5.12. The van der Waals surface area contributed by atoms with Crippen LogP contribution in [-0.4, -0.2) is 12.5 Å². The van der Waals surface area contributed by atoms with Crippen molar-refractivity contribution in [3.05, 3.63) is 65.7 Å². The molecule has 3 nitrogen and oxygen atoms in total. The molecule has 0 fully saturated rings. The molecule has 0 saturated heterocycles. The molecule has 2 aromatic rings. The summed E-state index contributed by atoms with van der Waals surface area (Å²) in [6.07, 6.45) is 1.11. The van der Waals surface area contributed by atoms with Gasteiger partial charge in [-0.15, -0.1) is 0 Å². The highest BCUT2D eigenvalue weighted by Gasteiger charge is 2.08. The van der Waals surface area contributed by atoms with E-state index in [-0.39, 0.29) is 11.9 Å². The maximum atomic E-state index is 12.1. The molecule has 0 aromatic heterocycles. The van der Waals surface area contributed by atoms with E-state index in [2.05, 4.69) is 30.5 Å². The number of nitrogens with one attached hydrogen (secondary N) is 2. The summed E-state index contributed by atoms with van der Waals surface area (Å²) in [5, 5.41) is 6.39. The molecule has 110 valence electrons. The second kappa shape index (κ2) is 7.60. The van der Waals surface area contributed by atoms with Gasteiger partial charge in [-0.1, -0.05) is 37.3 Å². The Morgan fingerprint density at radius 3 is 2.57 bits per heavy atom. The van der Waals surface area contributed by atoms with E-state index >= 15 is 0 Å². The number of anilines is 1. The van der Waals surface area contributed by atoms with Crippen molar-refractivity contribution in [1.29, 1.82) is 0 Å². The van der Waals surface area contributed by atoms with Crippen molar-refractivity contribution >= 4 is 11.6 Å². The number of amides is 1. The fourth-order valence-corrected chi connectivity index (χ4v) is 2.16. The topological polar surface area (TPSA) is 41.1 Å². The third-order valence-electron chi connectivity index (χ3n) is 3.38. The molecule has 2 rings (SSSR count).